The molecule has 38 heavy (non-hydrogen) atoms. The maximum absolute atomic E-state index is 14.0. The van der Waals surface area contributed by atoms with Crippen LogP contribution < -0.4 is 4.74 Å². The number of halogens is 1. The van der Waals surface area contributed by atoms with Crippen molar-refractivity contribution in [3.8, 4) is 17.3 Å². The number of hydrogen-bond acceptors (Lipinski definition) is 6. The molecule has 2 atom stereocenters. The SMILES string of the molecule is CCCCOC[C@@H](O)CN(Cc1c(CC)nn(-c2ccccc2)c1Oc1cccc(F)c1)C[C@H]1CCCO1. The van der Waals surface area contributed by atoms with Crippen molar-refractivity contribution in [3.63, 3.8) is 0 Å². The molecule has 1 fully saturated rings. The van der Waals surface area contributed by atoms with Crippen LogP contribution in [0.25, 0.3) is 5.69 Å². The van der Waals surface area contributed by atoms with Gasteiger partial charge in [-0.15, -0.1) is 0 Å². The Balaban J connectivity index is 1.64. The Hall–Kier alpha value is -2.78. The monoisotopic (exact) mass is 525 g/mol. The van der Waals surface area contributed by atoms with Crippen molar-refractivity contribution >= 4 is 0 Å². The van der Waals surface area contributed by atoms with Crippen LogP contribution in [0.3, 0.4) is 0 Å². The Morgan fingerprint density at radius 2 is 2.03 bits per heavy atom. The highest BCUT2D eigenvalue weighted by atomic mass is 19.1. The number of aromatic nitrogens is 2. The summed E-state index contributed by atoms with van der Waals surface area (Å²) in [5.41, 5.74) is 2.67. The average molecular weight is 526 g/mol. The Morgan fingerprint density at radius 3 is 2.74 bits per heavy atom. The molecule has 0 bridgehead atoms. The number of ether oxygens (including phenoxy) is 3. The minimum absolute atomic E-state index is 0.116. The lowest BCUT2D eigenvalue weighted by Gasteiger charge is -2.27. The van der Waals surface area contributed by atoms with Crippen molar-refractivity contribution in [2.24, 2.45) is 0 Å². The van der Waals surface area contributed by atoms with Gasteiger partial charge in [0.2, 0.25) is 5.88 Å². The molecule has 3 aromatic rings. The fourth-order valence-electron chi connectivity index (χ4n) is 4.73. The average Bonchev–Trinajstić information content (AvgIpc) is 3.55. The molecule has 7 nitrogen and oxygen atoms in total. The van der Waals surface area contributed by atoms with Crippen molar-refractivity contribution in [3.05, 3.63) is 71.7 Å². The van der Waals surface area contributed by atoms with Gasteiger partial charge >= 0.3 is 0 Å². The van der Waals surface area contributed by atoms with Crippen LogP contribution in [0.15, 0.2) is 54.6 Å². The van der Waals surface area contributed by atoms with Crippen molar-refractivity contribution in [1.82, 2.24) is 14.7 Å². The molecule has 2 aromatic carbocycles. The quantitative estimate of drug-likeness (QED) is 0.263. The zero-order valence-corrected chi connectivity index (χ0v) is 22.5. The van der Waals surface area contributed by atoms with E-state index in [1.807, 2.05) is 30.3 Å². The van der Waals surface area contributed by atoms with Crippen molar-refractivity contribution in [1.29, 1.82) is 0 Å². The molecule has 1 N–H and O–H groups in total. The summed E-state index contributed by atoms with van der Waals surface area (Å²) in [6, 6.07) is 15.9. The van der Waals surface area contributed by atoms with Gasteiger partial charge in [0.05, 0.1) is 35.8 Å². The standard InChI is InChI=1S/C30H40FN3O4/c1-3-5-16-36-22-25(35)19-33(20-27-15-10-17-37-27)21-28-29(4-2)32-34(24-12-7-6-8-13-24)30(28)38-26-14-9-11-23(31)18-26/h6-9,11-14,18,25,27,35H,3-5,10,15-17,19-22H2,1-2H3/t25-,27+/m0/s1. The van der Waals surface area contributed by atoms with Gasteiger partial charge in [-0.3, -0.25) is 4.90 Å². The maximum Gasteiger partial charge on any atom is 0.227 e. The van der Waals surface area contributed by atoms with Gasteiger partial charge in [-0.2, -0.15) is 5.10 Å². The summed E-state index contributed by atoms with van der Waals surface area (Å²) < 4.78 is 33.8. The number of para-hydroxylation sites is 1. The van der Waals surface area contributed by atoms with Crippen LogP contribution in [-0.2, 0) is 22.4 Å². The van der Waals surface area contributed by atoms with Crippen molar-refractivity contribution in [2.45, 2.75) is 64.7 Å². The first kappa shape index (κ1) is 28.2. The van der Waals surface area contributed by atoms with Gasteiger partial charge in [-0.05, 0) is 49.9 Å². The number of rotatable bonds is 15. The molecular formula is C30H40FN3O4. The van der Waals surface area contributed by atoms with Crippen LogP contribution in [0.4, 0.5) is 4.39 Å². The summed E-state index contributed by atoms with van der Waals surface area (Å²) in [6.07, 6.45) is 4.26. The molecule has 2 heterocycles. The van der Waals surface area contributed by atoms with E-state index in [1.54, 1.807) is 16.8 Å². The minimum Gasteiger partial charge on any atom is -0.438 e. The first-order chi connectivity index (χ1) is 18.6. The minimum atomic E-state index is -0.630. The molecule has 1 aliphatic rings. The molecule has 1 saturated heterocycles. The summed E-state index contributed by atoms with van der Waals surface area (Å²) in [7, 11) is 0. The third-order valence-electron chi connectivity index (χ3n) is 6.65. The highest BCUT2D eigenvalue weighted by Gasteiger charge is 2.26. The number of aryl methyl sites for hydroxylation is 1. The first-order valence-electron chi connectivity index (χ1n) is 13.8. The summed E-state index contributed by atoms with van der Waals surface area (Å²) in [5, 5.41) is 15.7. The van der Waals surface area contributed by atoms with Gasteiger partial charge in [0.15, 0.2) is 0 Å². The van der Waals surface area contributed by atoms with E-state index < -0.39 is 6.10 Å². The molecular weight excluding hydrogens is 485 g/mol. The number of unbranched alkanes of at least 4 members (excludes halogenated alkanes) is 1. The number of aliphatic hydroxyl groups is 1. The second-order valence-electron chi connectivity index (χ2n) is 9.80. The Bertz CT molecular complexity index is 1120. The van der Waals surface area contributed by atoms with E-state index >= 15 is 0 Å². The van der Waals surface area contributed by atoms with Crippen LogP contribution in [0, 0.1) is 5.82 Å². The van der Waals surface area contributed by atoms with E-state index in [0.717, 1.165) is 49.2 Å². The lowest BCUT2D eigenvalue weighted by molar-refractivity contribution is 0.00135. The van der Waals surface area contributed by atoms with Gasteiger partial charge in [0, 0.05) is 38.9 Å². The fraction of sp³-hybridized carbons (Fsp3) is 0.500. The molecule has 4 rings (SSSR count). The first-order valence-corrected chi connectivity index (χ1v) is 13.8. The van der Waals surface area contributed by atoms with Crippen LogP contribution >= 0.6 is 0 Å². The van der Waals surface area contributed by atoms with E-state index in [1.165, 1.54) is 12.1 Å². The molecule has 0 radical (unpaired) electrons. The lowest BCUT2D eigenvalue weighted by Crippen LogP contribution is -2.39. The normalized spacial score (nSPS) is 16.3. The predicted molar refractivity (Wildman–Crippen MR) is 145 cm³/mol. The van der Waals surface area contributed by atoms with E-state index in [0.29, 0.717) is 50.9 Å². The molecule has 1 aliphatic heterocycles. The van der Waals surface area contributed by atoms with Crippen LogP contribution in [-0.4, -0.2) is 64.9 Å². The van der Waals surface area contributed by atoms with E-state index in [-0.39, 0.29) is 11.9 Å². The zero-order chi connectivity index (χ0) is 26.7. The highest BCUT2D eigenvalue weighted by molar-refractivity contribution is 5.43. The smallest absolute Gasteiger partial charge is 0.227 e. The molecule has 0 spiro atoms. The Morgan fingerprint density at radius 1 is 1.18 bits per heavy atom. The summed E-state index contributed by atoms with van der Waals surface area (Å²) in [4.78, 5) is 2.20. The molecule has 0 unspecified atom stereocenters. The van der Waals surface area contributed by atoms with Gasteiger partial charge < -0.3 is 19.3 Å². The maximum atomic E-state index is 14.0. The molecule has 8 heteroatoms. The number of hydrogen-bond donors (Lipinski definition) is 1. The lowest BCUT2D eigenvalue weighted by atomic mass is 10.1. The highest BCUT2D eigenvalue weighted by Crippen LogP contribution is 2.33. The van der Waals surface area contributed by atoms with Gasteiger partial charge in [-0.25, -0.2) is 9.07 Å². The fourth-order valence-corrected chi connectivity index (χ4v) is 4.73. The van der Waals surface area contributed by atoms with Gasteiger partial charge in [0.1, 0.15) is 11.6 Å². The third kappa shape index (κ3) is 7.86. The van der Waals surface area contributed by atoms with Crippen molar-refractivity contribution in [2.75, 3.05) is 32.9 Å². The second kappa shape index (κ2) is 14.4. The summed E-state index contributed by atoms with van der Waals surface area (Å²) in [6.45, 7) is 7.51. The molecule has 0 amide bonds. The molecule has 206 valence electrons. The van der Waals surface area contributed by atoms with Crippen molar-refractivity contribution < 1.29 is 23.7 Å². The number of benzene rings is 2. The summed E-state index contributed by atoms with van der Waals surface area (Å²) >= 11 is 0. The predicted octanol–water partition coefficient (Wildman–Crippen LogP) is 5.52. The summed E-state index contributed by atoms with van der Waals surface area (Å²) in [5.74, 6) is 0.586. The zero-order valence-electron chi connectivity index (χ0n) is 22.5. The Labute approximate surface area is 225 Å². The van der Waals surface area contributed by atoms with Crippen LogP contribution in [0.1, 0.15) is 50.8 Å². The van der Waals surface area contributed by atoms with E-state index in [9.17, 15) is 9.50 Å². The van der Waals surface area contributed by atoms with E-state index in [2.05, 4.69) is 18.7 Å². The van der Waals surface area contributed by atoms with Crippen LogP contribution in [0.2, 0.25) is 0 Å². The topological polar surface area (TPSA) is 69.0 Å². The van der Waals surface area contributed by atoms with E-state index in [4.69, 9.17) is 19.3 Å². The molecule has 0 aliphatic carbocycles. The Kier molecular flexibility index (Phi) is 10.7. The second-order valence-corrected chi connectivity index (χ2v) is 9.80. The van der Waals surface area contributed by atoms with Crippen LogP contribution in [0.5, 0.6) is 11.6 Å². The third-order valence-corrected chi connectivity index (χ3v) is 6.65. The van der Waals surface area contributed by atoms with Gasteiger partial charge in [-0.1, -0.05) is 44.5 Å². The molecule has 0 saturated carbocycles. The van der Waals surface area contributed by atoms with Gasteiger partial charge in [0.25, 0.3) is 0 Å². The number of aliphatic hydroxyl groups excluding tert-OH is 1. The molecule has 1 aromatic heterocycles. The number of nitrogens with zero attached hydrogens (tertiary/aromatic N) is 3. The largest absolute Gasteiger partial charge is 0.438 e.